The highest BCUT2D eigenvalue weighted by Crippen LogP contribution is 2.27. The highest BCUT2D eigenvalue weighted by atomic mass is 79.9. The van der Waals surface area contributed by atoms with Crippen LogP contribution >= 0.6 is 27.5 Å². The first-order chi connectivity index (χ1) is 8.72. The summed E-state index contributed by atoms with van der Waals surface area (Å²) in [6, 6.07) is 5.66. The molecule has 96 valence electrons. The number of halogens is 2. The van der Waals surface area contributed by atoms with E-state index in [0.717, 1.165) is 35.4 Å². The molecular weight excluding hydrogens is 316 g/mol. The van der Waals surface area contributed by atoms with E-state index in [1.165, 1.54) is 0 Å². The number of aryl methyl sites for hydroxylation is 1. The van der Waals surface area contributed by atoms with E-state index in [2.05, 4.69) is 28.0 Å². The van der Waals surface area contributed by atoms with Crippen molar-refractivity contribution < 1.29 is 4.74 Å². The summed E-state index contributed by atoms with van der Waals surface area (Å²) >= 11 is 9.50. The predicted octanol–water partition coefficient (Wildman–Crippen LogP) is 4.63. The fourth-order valence-electron chi connectivity index (χ4n) is 1.58. The monoisotopic (exact) mass is 328 g/mol. The summed E-state index contributed by atoms with van der Waals surface area (Å²) in [5.41, 5.74) is 1.05. The highest BCUT2D eigenvalue weighted by Gasteiger charge is 2.04. The van der Waals surface area contributed by atoms with Gasteiger partial charge in [-0.2, -0.15) is 5.10 Å². The first-order valence-corrected chi connectivity index (χ1v) is 7.27. The Bertz CT molecular complexity index is 527. The van der Waals surface area contributed by atoms with Crippen LogP contribution in [0.2, 0.25) is 5.02 Å². The van der Waals surface area contributed by atoms with E-state index in [9.17, 15) is 0 Å². The summed E-state index contributed by atoms with van der Waals surface area (Å²) in [7, 11) is 0. The van der Waals surface area contributed by atoms with E-state index in [-0.39, 0.29) is 0 Å². The molecule has 0 amide bonds. The third-order valence-electron chi connectivity index (χ3n) is 2.47. The van der Waals surface area contributed by atoms with Gasteiger partial charge in [0.2, 0.25) is 0 Å². The van der Waals surface area contributed by atoms with Crippen LogP contribution in [0, 0.1) is 0 Å². The van der Waals surface area contributed by atoms with E-state index < -0.39 is 0 Å². The summed E-state index contributed by atoms with van der Waals surface area (Å²) in [4.78, 5) is 0. The maximum absolute atomic E-state index is 6.12. The molecule has 0 unspecified atom stereocenters. The molecule has 1 aromatic heterocycles. The van der Waals surface area contributed by atoms with Crippen LogP contribution < -0.4 is 4.74 Å². The van der Waals surface area contributed by atoms with Gasteiger partial charge in [0.15, 0.2) is 5.75 Å². The van der Waals surface area contributed by atoms with Crippen molar-refractivity contribution in [2.24, 2.45) is 0 Å². The number of ether oxygens (including phenoxy) is 1. The van der Waals surface area contributed by atoms with Gasteiger partial charge in [-0.1, -0.05) is 40.5 Å². The molecule has 0 radical (unpaired) electrons. The Kier molecular flexibility index (Phi) is 4.66. The lowest BCUT2D eigenvalue weighted by Gasteiger charge is -2.05. The summed E-state index contributed by atoms with van der Waals surface area (Å²) in [5, 5.41) is 5.65. The number of rotatable bonds is 5. The second kappa shape index (κ2) is 6.25. The van der Waals surface area contributed by atoms with Gasteiger partial charge in [-0.15, -0.1) is 0 Å². The van der Waals surface area contributed by atoms with Crippen LogP contribution in [0.25, 0.3) is 0 Å². The van der Waals surface area contributed by atoms with E-state index >= 15 is 0 Å². The normalized spacial score (nSPS) is 10.6. The van der Waals surface area contributed by atoms with E-state index in [0.29, 0.717) is 5.02 Å². The average molecular weight is 330 g/mol. The number of aromatic nitrogens is 2. The van der Waals surface area contributed by atoms with Crippen molar-refractivity contribution in [3.05, 3.63) is 41.2 Å². The zero-order valence-corrected chi connectivity index (χ0v) is 12.4. The maximum Gasteiger partial charge on any atom is 0.165 e. The molecule has 18 heavy (non-hydrogen) atoms. The molecule has 2 aromatic rings. The number of alkyl halides is 1. The molecule has 0 saturated heterocycles. The van der Waals surface area contributed by atoms with Crippen molar-refractivity contribution in [2.75, 3.05) is 0 Å². The van der Waals surface area contributed by atoms with Crippen LogP contribution in [0.4, 0.5) is 0 Å². The summed E-state index contributed by atoms with van der Waals surface area (Å²) in [5.74, 6) is 1.45. The Morgan fingerprint density at radius 1 is 1.39 bits per heavy atom. The van der Waals surface area contributed by atoms with Crippen LogP contribution in [0.3, 0.4) is 0 Å². The molecule has 3 nitrogen and oxygen atoms in total. The van der Waals surface area contributed by atoms with Crippen molar-refractivity contribution in [1.29, 1.82) is 0 Å². The average Bonchev–Trinajstić information content (AvgIpc) is 2.77. The third-order valence-corrected chi connectivity index (χ3v) is 3.42. The van der Waals surface area contributed by atoms with Gasteiger partial charge in [0.1, 0.15) is 5.75 Å². The summed E-state index contributed by atoms with van der Waals surface area (Å²) < 4.78 is 7.57. The van der Waals surface area contributed by atoms with E-state index in [4.69, 9.17) is 16.3 Å². The first-order valence-electron chi connectivity index (χ1n) is 5.77. The van der Waals surface area contributed by atoms with Gasteiger partial charge in [-0.05, 0) is 24.1 Å². The maximum atomic E-state index is 6.12. The topological polar surface area (TPSA) is 27.1 Å². The number of hydrogen-bond acceptors (Lipinski definition) is 2. The van der Waals surface area contributed by atoms with Gasteiger partial charge in [-0.3, -0.25) is 4.68 Å². The lowest BCUT2D eigenvalue weighted by molar-refractivity contribution is 0.480. The molecule has 2 rings (SSSR count). The Hall–Kier alpha value is -1.00. The zero-order valence-electron chi connectivity index (χ0n) is 10.1. The van der Waals surface area contributed by atoms with Crippen LogP contribution in [0.1, 0.15) is 18.9 Å². The molecule has 0 bridgehead atoms. The van der Waals surface area contributed by atoms with Gasteiger partial charge in [-0.25, -0.2) is 0 Å². The van der Waals surface area contributed by atoms with Gasteiger partial charge in [0, 0.05) is 16.9 Å². The van der Waals surface area contributed by atoms with Crippen LogP contribution in [-0.2, 0) is 11.9 Å². The van der Waals surface area contributed by atoms with Crippen LogP contribution in [0.15, 0.2) is 30.6 Å². The fraction of sp³-hybridized carbons (Fsp3) is 0.308. The number of nitrogens with zero attached hydrogens (tertiary/aromatic N) is 2. The molecule has 0 aliphatic rings. The van der Waals surface area contributed by atoms with E-state index in [1.807, 2.05) is 29.1 Å². The minimum Gasteiger partial charge on any atom is -0.454 e. The largest absolute Gasteiger partial charge is 0.454 e. The molecule has 0 atom stereocenters. The van der Waals surface area contributed by atoms with Crippen molar-refractivity contribution in [1.82, 2.24) is 9.78 Å². The predicted molar refractivity (Wildman–Crippen MR) is 76.7 cm³/mol. The quantitative estimate of drug-likeness (QED) is 0.748. The molecule has 0 fully saturated rings. The first kappa shape index (κ1) is 13.4. The molecule has 1 aromatic carbocycles. The molecule has 5 heteroatoms. The third kappa shape index (κ3) is 3.27. The van der Waals surface area contributed by atoms with Gasteiger partial charge >= 0.3 is 0 Å². The van der Waals surface area contributed by atoms with Crippen LogP contribution in [-0.4, -0.2) is 9.78 Å². The van der Waals surface area contributed by atoms with Gasteiger partial charge in [0.05, 0.1) is 12.4 Å². The summed E-state index contributed by atoms with van der Waals surface area (Å²) in [6.45, 7) is 3.01. The van der Waals surface area contributed by atoms with Gasteiger partial charge in [0.25, 0.3) is 0 Å². The molecule has 0 aliphatic heterocycles. The van der Waals surface area contributed by atoms with Gasteiger partial charge < -0.3 is 4.74 Å². The van der Waals surface area contributed by atoms with Crippen LogP contribution in [0.5, 0.6) is 11.5 Å². The zero-order chi connectivity index (χ0) is 13.0. The van der Waals surface area contributed by atoms with Crippen molar-refractivity contribution in [3.8, 4) is 11.5 Å². The SMILES string of the molecule is CCCn1cc(Oc2ccc(CBr)c(Cl)c2)cn1. The molecular formula is C13H14BrClN2O. The lowest BCUT2D eigenvalue weighted by Crippen LogP contribution is -1.95. The smallest absolute Gasteiger partial charge is 0.165 e. The Morgan fingerprint density at radius 2 is 2.22 bits per heavy atom. The molecule has 0 spiro atoms. The molecule has 0 aliphatic carbocycles. The Morgan fingerprint density at radius 3 is 2.89 bits per heavy atom. The number of hydrogen-bond donors (Lipinski definition) is 0. The minimum atomic E-state index is 0.699. The second-order valence-corrected chi connectivity index (χ2v) is 4.90. The molecule has 1 heterocycles. The fourth-order valence-corrected chi connectivity index (χ4v) is 2.47. The summed E-state index contributed by atoms with van der Waals surface area (Å²) in [6.07, 6.45) is 4.64. The highest BCUT2D eigenvalue weighted by molar-refractivity contribution is 9.08. The van der Waals surface area contributed by atoms with Crippen molar-refractivity contribution in [2.45, 2.75) is 25.2 Å². The molecule has 0 saturated carbocycles. The second-order valence-electron chi connectivity index (χ2n) is 3.93. The van der Waals surface area contributed by atoms with Crippen molar-refractivity contribution in [3.63, 3.8) is 0 Å². The Labute approximate surface area is 120 Å². The van der Waals surface area contributed by atoms with E-state index in [1.54, 1.807) is 6.20 Å². The Balaban J connectivity index is 2.10. The molecule has 0 N–H and O–H groups in total. The number of benzene rings is 1. The lowest BCUT2D eigenvalue weighted by atomic mass is 10.2. The minimum absolute atomic E-state index is 0.699. The van der Waals surface area contributed by atoms with Crippen molar-refractivity contribution >= 4 is 27.5 Å². The standard InChI is InChI=1S/C13H14BrClN2O/c1-2-5-17-9-12(8-16-17)18-11-4-3-10(7-14)13(15)6-11/h3-4,6,8-9H,2,5,7H2,1H3.